The highest BCUT2D eigenvalue weighted by atomic mass is 15.2. The number of piperidine rings is 1. The third-order valence-electron chi connectivity index (χ3n) is 3.62. The van der Waals surface area contributed by atoms with E-state index < -0.39 is 0 Å². The normalized spacial score (nSPS) is 20.3. The number of rotatable bonds is 2. The summed E-state index contributed by atoms with van der Waals surface area (Å²) in [6.07, 6.45) is 6.10. The molecule has 1 fully saturated rings. The summed E-state index contributed by atoms with van der Waals surface area (Å²) in [4.78, 5) is 9.94. The van der Waals surface area contributed by atoms with E-state index in [-0.39, 0.29) is 6.04 Å². The van der Waals surface area contributed by atoms with E-state index in [1.165, 1.54) is 5.69 Å². The van der Waals surface area contributed by atoms with Gasteiger partial charge in [0.15, 0.2) is 0 Å². The lowest BCUT2D eigenvalue weighted by Gasteiger charge is -2.33. The van der Waals surface area contributed by atoms with E-state index in [2.05, 4.69) is 26.3 Å². The molecule has 18 heavy (non-hydrogen) atoms. The predicted octanol–water partition coefficient (Wildman–Crippen LogP) is 1.53. The van der Waals surface area contributed by atoms with Crippen LogP contribution in [0.25, 0.3) is 11.0 Å². The van der Waals surface area contributed by atoms with Crippen LogP contribution in [0.15, 0.2) is 18.5 Å². The van der Waals surface area contributed by atoms with Gasteiger partial charge in [-0.15, -0.1) is 0 Å². The van der Waals surface area contributed by atoms with E-state index in [0.717, 1.165) is 42.7 Å². The fourth-order valence-electron chi connectivity index (χ4n) is 2.73. The van der Waals surface area contributed by atoms with Crippen LogP contribution in [0, 0.1) is 0 Å². The Morgan fingerprint density at radius 1 is 1.56 bits per heavy atom. The predicted molar refractivity (Wildman–Crippen MR) is 75.1 cm³/mol. The number of nitrogens with two attached hydrogens (primary N) is 1. The molecule has 1 aliphatic heterocycles. The third kappa shape index (κ3) is 1.80. The Labute approximate surface area is 106 Å². The number of anilines is 2. The zero-order chi connectivity index (χ0) is 12.5. The second-order valence-corrected chi connectivity index (χ2v) is 4.85. The average Bonchev–Trinajstić information content (AvgIpc) is 2.81. The van der Waals surface area contributed by atoms with Crippen LogP contribution in [-0.4, -0.2) is 36.1 Å². The summed E-state index contributed by atoms with van der Waals surface area (Å²) in [7, 11) is 1.93. The van der Waals surface area contributed by atoms with Crippen LogP contribution in [0.3, 0.4) is 0 Å². The molecule has 0 spiro atoms. The molecule has 2 aromatic rings. The fraction of sp³-hybridized carbons (Fsp3) is 0.462. The maximum atomic E-state index is 6.07. The molecule has 0 aromatic carbocycles. The van der Waals surface area contributed by atoms with Crippen molar-refractivity contribution in [2.45, 2.75) is 18.9 Å². The monoisotopic (exact) mass is 245 g/mol. The minimum atomic E-state index is 0.277. The lowest BCUT2D eigenvalue weighted by molar-refractivity contribution is 0.507. The number of hydrogen-bond donors (Lipinski definition) is 3. The van der Waals surface area contributed by atoms with Gasteiger partial charge < -0.3 is 20.9 Å². The molecule has 2 aromatic heterocycles. The van der Waals surface area contributed by atoms with Crippen molar-refractivity contribution in [1.82, 2.24) is 9.97 Å². The van der Waals surface area contributed by atoms with Crippen molar-refractivity contribution in [3.05, 3.63) is 18.5 Å². The highest BCUT2D eigenvalue weighted by Crippen LogP contribution is 2.32. The van der Waals surface area contributed by atoms with Crippen LogP contribution in [0.2, 0.25) is 0 Å². The number of hydrogen-bond acceptors (Lipinski definition) is 4. The van der Waals surface area contributed by atoms with Crippen LogP contribution in [0.4, 0.5) is 11.4 Å². The number of aromatic nitrogens is 2. The molecular formula is C13H19N5. The molecule has 0 unspecified atom stereocenters. The molecule has 5 heteroatoms. The van der Waals surface area contributed by atoms with Crippen molar-refractivity contribution in [1.29, 1.82) is 0 Å². The highest BCUT2D eigenvalue weighted by molar-refractivity contribution is 6.00. The maximum Gasteiger partial charge on any atom is 0.141 e. The van der Waals surface area contributed by atoms with Crippen LogP contribution in [0.5, 0.6) is 0 Å². The lowest BCUT2D eigenvalue weighted by Crippen LogP contribution is -2.42. The molecule has 0 saturated carbocycles. The molecule has 1 atom stereocenters. The van der Waals surface area contributed by atoms with Crippen LogP contribution < -0.4 is 16.0 Å². The van der Waals surface area contributed by atoms with Gasteiger partial charge >= 0.3 is 0 Å². The number of H-pyrrole nitrogens is 1. The van der Waals surface area contributed by atoms with Crippen molar-refractivity contribution < 1.29 is 0 Å². The van der Waals surface area contributed by atoms with E-state index in [1.807, 2.05) is 19.4 Å². The summed E-state index contributed by atoms with van der Waals surface area (Å²) in [6.45, 7) is 1.99. The summed E-state index contributed by atoms with van der Waals surface area (Å²) in [5.74, 6) is 0. The Hall–Kier alpha value is -1.75. The van der Waals surface area contributed by atoms with E-state index in [0.29, 0.717) is 0 Å². The summed E-state index contributed by atoms with van der Waals surface area (Å²) >= 11 is 0. The quantitative estimate of drug-likeness (QED) is 0.750. The topological polar surface area (TPSA) is 70.0 Å². The molecule has 0 radical (unpaired) electrons. The molecule has 4 N–H and O–H groups in total. The molecule has 0 aliphatic carbocycles. The van der Waals surface area contributed by atoms with Gasteiger partial charge in [0.05, 0.1) is 16.8 Å². The lowest BCUT2D eigenvalue weighted by atomic mass is 10.1. The second-order valence-electron chi connectivity index (χ2n) is 4.85. The third-order valence-corrected chi connectivity index (χ3v) is 3.62. The molecule has 3 rings (SSSR count). The van der Waals surface area contributed by atoms with Crippen molar-refractivity contribution in [2.75, 3.05) is 30.4 Å². The van der Waals surface area contributed by atoms with Gasteiger partial charge in [-0.3, -0.25) is 0 Å². The first kappa shape index (κ1) is 11.3. The Bertz CT molecular complexity index is 547. The first-order chi connectivity index (χ1) is 8.79. The van der Waals surface area contributed by atoms with Crippen molar-refractivity contribution in [3.63, 3.8) is 0 Å². The summed E-state index contributed by atoms with van der Waals surface area (Å²) in [6, 6.07) is 2.36. The molecule has 3 heterocycles. The molecule has 5 nitrogen and oxygen atoms in total. The van der Waals surface area contributed by atoms with Crippen molar-refractivity contribution in [2.24, 2.45) is 5.73 Å². The number of aromatic amines is 1. The first-order valence-electron chi connectivity index (χ1n) is 6.44. The van der Waals surface area contributed by atoms with Gasteiger partial charge in [0.1, 0.15) is 5.65 Å². The summed E-state index contributed by atoms with van der Waals surface area (Å²) in [5.41, 5.74) is 9.31. The van der Waals surface area contributed by atoms with E-state index in [4.69, 9.17) is 5.73 Å². The Morgan fingerprint density at radius 2 is 2.44 bits per heavy atom. The summed E-state index contributed by atoms with van der Waals surface area (Å²) < 4.78 is 0. The fourth-order valence-corrected chi connectivity index (χ4v) is 2.73. The molecule has 0 bridgehead atoms. The zero-order valence-electron chi connectivity index (χ0n) is 10.6. The Morgan fingerprint density at radius 3 is 3.22 bits per heavy atom. The van der Waals surface area contributed by atoms with Crippen molar-refractivity contribution in [3.8, 4) is 0 Å². The summed E-state index contributed by atoms with van der Waals surface area (Å²) in [5, 5.41) is 4.37. The minimum absolute atomic E-state index is 0.277. The van der Waals surface area contributed by atoms with E-state index >= 15 is 0 Å². The molecule has 1 saturated heterocycles. The Balaban J connectivity index is 2.07. The second kappa shape index (κ2) is 4.49. The van der Waals surface area contributed by atoms with Gasteiger partial charge in [-0.25, -0.2) is 4.98 Å². The number of nitrogens with one attached hydrogen (secondary N) is 2. The van der Waals surface area contributed by atoms with E-state index in [1.54, 1.807) is 0 Å². The van der Waals surface area contributed by atoms with E-state index in [9.17, 15) is 0 Å². The minimum Gasteiger partial charge on any atom is -0.386 e. The Kier molecular flexibility index (Phi) is 2.83. The first-order valence-corrected chi connectivity index (χ1v) is 6.44. The number of nitrogens with zero attached hydrogens (tertiary/aromatic N) is 2. The maximum absolute atomic E-state index is 6.07. The molecule has 96 valence electrons. The van der Waals surface area contributed by atoms with Crippen LogP contribution >= 0.6 is 0 Å². The van der Waals surface area contributed by atoms with Gasteiger partial charge in [0, 0.05) is 38.6 Å². The van der Waals surface area contributed by atoms with Crippen LogP contribution in [-0.2, 0) is 0 Å². The van der Waals surface area contributed by atoms with Crippen LogP contribution in [0.1, 0.15) is 12.8 Å². The smallest absolute Gasteiger partial charge is 0.141 e. The van der Waals surface area contributed by atoms with Gasteiger partial charge in [-0.2, -0.15) is 0 Å². The van der Waals surface area contributed by atoms with Gasteiger partial charge in [-0.05, 0) is 18.9 Å². The average molecular weight is 245 g/mol. The number of fused-ring (bicyclic) bond motifs is 1. The zero-order valence-corrected chi connectivity index (χ0v) is 10.6. The largest absolute Gasteiger partial charge is 0.386 e. The highest BCUT2D eigenvalue weighted by Gasteiger charge is 2.20. The van der Waals surface area contributed by atoms with Gasteiger partial charge in [0.25, 0.3) is 0 Å². The SMILES string of the molecule is CNc1c[nH]c2nccc(N3CCC[C@@H](N)C3)c12. The molecule has 0 amide bonds. The molecular weight excluding hydrogens is 226 g/mol. The number of pyridine rings is 1. The van der Waals surface area contributed by atoms with Gasteiger partial charge in [-0.1, -0.05) is 0 Å². The van der Waals surface area contributed by atoms with Gasteiger partial charge in [0.2, 0.25) is 0 Å². The standard InChI is InChI=1S/C13H19N5/c1-15-10-7-17-13-12(10)11(4-5-16-13)18-6-2-3-9(14)8-18/h4-5,7,9,15H,2-3,6,8,14H2,1H3,(H,16,17)/t9-/m1/s1. The molecule has 1 aliphatic rings. The van der Waals surface area contributed by atoms with Crippen molar-refractivity contribution >= 4 is 22.4 Å².